The molecule has 0 aliphatic carbocycles. The first kappa shape index (κ1) is 15.3. The van der Waals surface area contributed by atoms with Gasteiger partial charge in [0, 0.05) is 15.6 Å². The molecule has 1 fully saturated rings. The monoisotopic (exact) mass is 359 g/mol. The van der Waals surface area contributed by atoms with Crippen molar-refractivity contribution in [1.29, 1.82) is 0 Å². The Morgan fingerprint density at radius 3 is 2.45 bits per heavy atom. The molecular weight excluding hydrogens is 340 g/mol. The van der Waals surface area contributed by atoms with E-state index in [4.69, 9.17) is 0 Å². The van der Waals surface area contributed by atoms with Crippen LogP contribution in [-0.4, -0.2) is 37.0 Å². The van der Waals surface area contributed by atoms with Crippen molar-refractivity contribution < 1.29 is 9.69 Å². The fourth-order valence-corrected chi connectivity index (χ4v) is 3.29. The summed E-state index contributed by atoms with van der Waals surface area (Å²) < 4.78 is 0.951. The Balaban J connectivity index is 1.56. The third-order valence-electron chi connectivity index (χ3n) is 4.13. The maximum absolute atomic E-state index is 12.5. The molecule has 3 nitrogen and oxygen atoms in total. The van der Waals surface area contributed by atoms with Gasteiger partial charge in [0.2, 0.25) is 0 Å². The minimum Gasteiger partial charge on any atom is -0.328 e. The average Bonchev–Trinajstić information content (AvgIpc) is 2.56. The van der Waals surface area contributed by atoms with E-state index in [1.165, 1.54) is 5.56 Å². The van der Waals surface area contributed by atoms with Crippen molar-refractivity contribution in [3.63, 3.8) is 0 Å². The van der Waals surface area contributed by atoms with E-state index >= 15 is 0 Å². The number of hydrogen-bond donors (Lipinski definition) is 1. The molecule has 1 amide bonds. The maximum atomic E-state index is 12.5. The van der Waals surface area contributed by atoms with Gasteiger partial charge in [-0.25, -0.2) is 0 Å². The van der Waals surface area contributed by atoms with Gasteiger partial charge in [0.1, 0.15) is 6.54 Å². The molecule has 4 heteroatoms. The van der Waals surface area contributed by atoms with Gasteiger partial charge in [0.25, 0.3) is 5.91 Å². The number of carbonyl (C=O) groups is 1. The smallest absolute Gasteiger partial charge is 0.254 e. The lowest BCUT2D eigenvalue weighted by atomic mass is 10.1. The van der Waals surface area contributed by atoms with Gasteiger partial charge in [-0.15, -0.1) is 0 Å². The summed E-state index contributed by atoms with van der Waals surface area (Å²) in [6.45, 7) is 4.71. The van der Waals surface area contributed by atoms with Gasteiger partial charge in [0.15, 0.2) is 0 Å². The van der Waals surface area contributed by atoms with E-state index in [9.17, 15) is 4.79 Å². The molecule has 1 aliphatic rings. The Hall–Kier alpha value is -1.65. The molecular formula is C18H20BrN2O+. The first-order chi connectivity index (χ1) is 10.7. The largest absolute Gasteiger partial charge is 0.328 e. The van der Waals surface area contributed by atoms with Gasteiger partial charge in [-0.3, -0.25) is 4.79 Å². The third-order valence-corrected chi connectivity index (χ3v) is 4.62. The van der Waals surface area contributed by atoms with E-state index < -0.39 is 0 Å². The number of halogens is 1. The van der Waals surface area contributed by atoms with Crippen LogP contribution in [-0.2, 0) is 6.54 Å². The molecule has 0 saturated carbocycles. The van der Waals surface area contributed by atoms with Crippen LogP contribution < -0.4 is 4.90 Å². The summed E-state index contributed by atoms with van der Waals surface area (Å²) in [6.07, 6.45) is 0. The lowest BCUT2D eigenvalue weighted by Crippen LogP contribution is -3.13. The van der Waals surface area contributed by atoms with Crippen LogP contribution in [0.2, 0.25) is 0 Å². The van der Waals surface area contributed by atoms with Crippen molar-refractivity contribution in [1.82, 2.24) is 4.90 Å². The van der Waals surface area contributed by atoms with Crippen LogP contribution in [0.15, 0.2) is 59.1 Å². The topological polar surface area (TPSA) is 24.8 Å². The molecule has 0 unspecified atom stereocenters. The van der Waals surface area contributed by atoms with E-state index in [1.807, 2.05) is 35.2 Å². The van der Waals surface area contributed by atoms with E-state index in [0.717, 1.165) is 42.8 Å². The van der Waals surface area contributed by atoms with Crippen LogP contribution in [0, 0.1) is 0 Å². The number of hydrogen-bond acceptors (Lipinski definition) is 1. The van der Waals surface area contributed by atoms with Crippen molar-refractivity contribution in [3.05, 3.63) is 70.2 Å². The molecule has 22 heavy (non-hydrogen) atoms. The Kier molecular flexibility index (Phi) is 4.90. The van der Waals surface area contributed by atoms with Crippen LogP contribution >= 0.6 is 15.9 Å². The molecule has 1 heterocycles. The molecule has 0 atom stereocenters. The maximum Gasteiger partial charge on any atom is 0.254 e. The van der Waals surface area contributed by atoms with Gasteiger partial charge in [-0.1, -0.05) is 52.3 Å². The minimum atomic E-state index is 0.139. The third kappa shape index (κ3) is 3.76. The Bertz CT molecular complexity index is 637. The first-order valence-electron chi connectivity index (χ1n) is 7.65. The summed E-state index contributed by atoms with van der Waals surface area (Å²) >= 11 is 3.43. The summed E-state index contributed by atoms with van der Waals surface area (Å²) in [5.74, 6) is 0.139. The Morgan fingerprint density at radius 2 is 1.77 bits per heavy atom. The van der Waals surface area contributed by atoms with E-state index in [-0.39, 0.29) is 5.91 Å². The quantitative estimate of drug-likeness (QED) is 0.890. The normalized spacial score (nSPS) is 15.8. The summed E-state index contributed by atoms with van der Waals surface area (Å²) in [6, 6.07) is 18.2. The molecule has 1 aliphatic heterocycles. The lowest BCUT2D eigenvalue weighted by molar-refractivity contribution is -0.917. The number of rotatable bonds is 3. The zero-order chi connectivity index (χ0) is 15.4. The van der Waals surface area contributed by atoms with Gasteiger partial charge in [-0.2, -0.15) is 0 Å². The van der Waals surface area contributed by atoms with E-state index in [2.05, 4.69) is 40.2 Å². The predicted octanol–water partition coefficient (Wildman–Crippen LogP) is 1.99. The summed E-state index contributed by atoms with van der Waals surface area (Å²) in [5.41, 5.74) is 2.13. The molecule has 1 N–H and O–H groups in total. The number of carbonyl (C=O) groups excluding carboxylic acids is 1. The Labute approximate surface area is 139 Å². The number of benzene rings is 2. The number of quaternary nitrogens is 1. The first-order valence-corrected chi connectivity index (χ1v) is 8.44. The van der Waals surface area contributed by atoms with E-state index in [0.29, 0.717) is 0 Å². The molecule has 0 aromatic heterocycles. The standard InChI is InChI=1S/C18H19BrN2O/c19-17-8-4-7-16(13-17)18(22)21-11-9-20(10-12-21)14-15-5-2-1-3-6-15/h1-8,13H,9-12,14H2/p+1. The van der Waals surface area contributed by atoms with Crippen molar-refractivity contribution in [2.45, 2.75) is 6.54 Å². The highest BCUT2D eigenvalue weighted by Crippen LogP contribution is 2.13. The second-order valence-corrected chi connectivity index (χ2v) is 6.63. The molecule has 0 bridgehead atoms. The molecule has 114 valence electrons. The molecule has 2 aromatic carbocycles. The van der Waals surface area contributed by atoms with Crippen LogP contribution in [0.3, 0.4) is 0 Å². The molecule has 0 radical (unpaired) electrons. The van der Waals surface area contributed by atoms with Gasteiger partial charge in [0.05, 0.1) is 26.2 Å². The van der Waals surface area contributed by atoms with Crippen LogP contribution in [0.5, 0.6) is 0 Å². The van der Waals surface area contributed by atoms with Crippen LogP contribution in [0.1, 0.15) is 15.9 Å². The zero-order valence-corrected chi connectivity index (χ0v) is 14.1. The second-order valence-electron chi connectivity index (χ2n) is 5.71. The summed E-state index contributed by atoms with van der Waals surface area (Å²) in [5, 5.41) is 0. The average molecular weight is 360 g/mol. The zero-order valence-electron chi connectivity index (χ0n) is 12.5. The van der Waals surface area contributed by atoms with Crippen molar-refractivity contribution in [2.75, 3.05) is 26.2 Å². The lowest BCUT2D eigenvalue weighted by Gasteiger charge is -2.32. The molecule has 0 spiro atoms. The van der Waals surface area contributed by atoms with Gasteiger partial charge < -0.3 is 9.80 Å². The molecule has 2 aromatic rings. The van der Waals surface area contributed by atoms with Crippen molar-refractivity contribution >= 4 is 21.8 Å². The van der Waals surface area contributed by atoms with Crippen LogP contribution in [0.25, 0.3) is 0 Å². The number of piperazine rings is 1. The summed E-state index contributed by atoms with van der Waals surface area (Å²) in [4.78, 5) is 16.0. The fourth-order valence-electron chi connectivity index (χ4n) is 2.89. The summed E-state index contributed by atoms with van der Waals surface area (Å²) in [7, 11) is 0. The number of amides is 1. The highest BCUT2D eigenvalue weighted by molar-refractivity contribution is 9.10. The Morgan fingerprint density at radius 1 is 1.05 bits per heavy atom. The predicted molar refractivity (Wildman–Crippen MR) is 90.9 cm³/mol. The van der Waals surface area contributed by atoms with Crippen molar-refractivity contribution in [2.24, 2.45) is 0 Å². The number of nitrogens with one attached hydrogen (secondary N) is 1. The second kappa shape index (κ2) is 7.07. The molecule has 3 rings (SSSR count). The minimum absolute atomic E-state index is 0.139. The number of nitrogens with zero attached hydrogens (tertiary/aromatic N) is 1. The van der Waals surface area contributed by atoms with Crippen molar-refractivity contribution in [3.8, 4) is 0 Å². The highest BCUT2D eigenvalue weighted by atomic mass is 79.9. The fraction of sp³-hybridized carbons (Fsp3) is 0.278. The van der Waals surface area contributed by atoms with Gasteiger partial charge in [-0.05, 0) is 18.2 Å². The van der Waals surface area contributed by atoms with Crippen LogP contribution in [0.4, 0.5) is 0 Å². The highest BCUT2D eigenvalue weighted by Gasteiger charge is 2.24. The van der Waals surface area contributed by atoms with E-state index in [1.54, 1.807) is 4.90 Å². The van der Waals surface area contributed by atoms with Gasteiger partial charge >= 0.3 is 0 Å². The molecule has 1 saturated heterocycles. The SMILES string of the molecule is O=C(c1cccc(Br)c1)N1CC[NH+](Cc2ccccc2)CC1.